The van der Waals surface area contributed by atoms with E-state index in [4.69, 9.17) is 0 Å². The van der Waals surface area contributed by atoms with Crippen LogP contribution in [0.3, 0.4) is 0 Å². The Kier molecular flexibility index (Phi) is 1.61. The molecule has 1 saturated heterocycles. The van der Waals surface area contributed by atoms with Crippen molar-refractivity contribution < 1.29 is 0 Å². The van der Waals surface area contributed by atoms with Gasteiger partial charge in [0.05, 0.1) is 0 Å². The molecule has 1 aliphatic heterocycles. The molecule has 0 aromatic heterocycles. The molecule has 0 radical (unpaired) electrons. The fraction of sp³-hybridized carbons (Fsp3) is 1.00. The summed E-state index contributed by atoms with van der Waals surface area (Å²) < 4.78 is 3.94. The van der Waals surface area contributed by atoms with Crippen LogP contribution in [-0.4, -0.2) is 12.3 Å². The van der Waals surface area contributed by atoms with Crippen molar-refractivity contribution in [2.24, 2.45) is 0 Å². The topological polar surface area (TPSA) is 0 Å². The third-order valence-corrected chi connectivity index (χ3v) is 8.91. The molecule has 0 bridgehead atoms. The van der Waals surface area contributed by atoms with Crippen molar-refractivity contribution >= 4 is 19.8 Å². The van der Waals surface area contributed by atoms with E-state index in [0.717, 1.165) is 3.92 Å². The van der Waals surface area contributed by atoms with E-state index in [0.29, 0.717) is 0 Å². The van der Waals surface area contributed by atoms with Crippen LogP contribution < -0.4 is 0 Å². The summed E-state index contributed by atoms with van der Waals surface area (Å²) in [6.07, 6.45) is 0. The molecule has 1 aliphatic rings. The van der Waals surface area contributed by atoms with Gasteiger partial charge in [-0.1, -0.05) is 0 Å². The summed E-state index contributed by atoms with van der Waals surface area (Å²) in [5.41, 5.74) is 0. The second-order valence-corrected chi connectivity index (χ2v) is 10.4. The van der Waals surface area contributed by atoms with Crippen LogP contribution in [0.5, 0.6) is 0 Å². The first-order valence-corrected chi connectivity index (χ1v) is 6.86. The van der Waals surface area contributed by atoms with Crippen LogP contribution in [0, 0.1) is 0 Å². The zero-order valence-corrected chi connectivity index (χ0v) is 7.40. The molecule has 1 rings (SSSR count). The maximum absolute atomic E-state index is 2.41. The Balaban J connectivity index is 2.20. The Morgan fingerprint density at radius 2 is 2.00 bits per heavy atom. The van der Waals surface area contributed by atoms with Crippen LogP contribution in [0.1, 0.15) is 20.8 Å². The normalized spacial score (nSPS) is 34.3. The first-order valence-electron chi connectivity index (χ1n) is 2.84. The Morgan fingerprint density at radius 3 is 2.00 bits per heavy atom. The van der Waals surface area contributed by atoms with Crippen molar-refractivity contribution in [1.29, 1.82) is 0 Å². The summed E-state index contributed by atoms with van der Waals surface area (Å²) in [7, 11) is 0. The SMILES string of the molecule is CC(C)I1CC1C. The van der Waals surface area contributed by atoms with E-state index in [1.807, 2.05) is 0 Å². The Bertz CT molecular complexity index is 68.6. The van der Waals surface area contributed by atoms with E-state index < -0.39 is 0 Å². The zero-order chi connectivity index (χ0) is 5.44. The van der Waals surface area contributed by atoms with Gasteiger partial charge in [0.2, 0.25) is 0 Å². The molecule has 0 saturated carbocycles. The van der Waals surface area contributed by atoms with E-state index in [2.05, 4.69) is 20.8 Å². The minimum absolute atomic E-state index is 0.236. The molecule has 0 spiro atoms. The summed E-state index contributed by atoms with van der Waals surface area (Å²) >= 11 is -0.236. The third-order valence-electron chi connectivity index (χ3n) is 1.33. The zero-order valence-electron chi connectivity index (χ0n) is 5.24. The number of hydrogen-bond acceptors (Lipinski definition) is 0. The van der Waals surface area contributed by atoms with Crippen LogP contribution in [0.15, 0.2) is 0 Å². The van der Waals surface area contributed by atoms with Gasteiger partial charge in [-0.25, -0.2) is 0 Å². The molecule has 1 heteroatoms. The molecule has 1 unspecified atom stereocenters. The predicted molar refractivity (Wildman–Crippen MR) is 43.5 cm³/mol. The van der Waals surface area contributed by atoms with Crippen molar-refractivity contribution in [3.63, 3.8) is 0 Å². The van der Waals surface area contributed by atoms with Crippen molar-refractivity contribution in [3.8, 4) is 0 Å². The van der Waals surface area contributed by atoms with E-state index >= 15 is 0 Å². The number of hydrogen-bond donors (Lipinski definition) is 0. The van der Waals surface area contributed by atoms with E-state index in [-0.39, 0.29) is 19.8 Å². The van der Waals surface area contributed by atoms with E-state index in [1.165, 1.54) is 3.92 Å². The molecular weight excluding hydrogens is 199 g/mol. The third kappa shape index (κ3) is 1.31. The summed E-state index contributed by atoms with van der Waals surface area (Å²) in [6, 6.07) is 0. The molecule has 1 heterocycles. The summed E-state index contributed by atoms with van der Waals surface area (Å²) in [6.45, 7) is 7.17. The fourth-order valence-electron chi connectivity index (χ4n) is 0.820. The molecule has 7 heavy (non-hydrogen) atoms. The second-order valence-electron chi connectivity index (χ2n) is 2.38. The number of halogens is 1. The van der Waals surface area contributed by atoms with Gasteiger partial charge in [-0.2, -0.15) is 0 Å². The van der Waals surface area contributed by atoms with Crippen LogP contribution in [-0.2, 0) is 0 Å². The van der Waals surface area contributed by atoms with Gasteiger partial charge >= 0.3 is 52.9 Å². The molecule has 0 amide bonds. The van der Waals surface area contributed by atoms with Crippen LogP contribution in [0.4, 0.5) is 0 Å². The van der Waals surface area contributed by atoms with Gasteiger partial charge in [-0.15, -0.1) is 0 Å². The first kappa shape index (κ1) is 5.86. The van der Waals surface area contributed by atoms with Crippen molar-refractivity contribution in [2.75, 3.05) is 4.43 Å². The molecule has 0 aromatic rings. The molecule has 0 N–H and O–H groups in total. The number of rotatable bonds is 1. The van der Waals surface area contributed by atoms with E-state index in [9.17, 15) is 0 Å². The summed E-state index contributed by atoms with van der Waals surface area (Å²) in [5, 5.41) is 0. The van der Waals surface area contributed by atoms with Crippen LogP contribution in [0.2, 0.25) is 0 Å². The van der Waals surface area contributed by atoms with Gasteiger partial charge in [0.25, 0.3) is 0 Å². The molecule has 1 fully saturated rings. The standard InChI is InChI=1S/C6H13I/c1-5(2)7-4-6(7)3/h5-6H,4H2,1-3H3. The van der Waals surface area contributed by atoms with Gasteiger partial charge in [0, 0.05) is 0 Å². The molecular formula is C6H13I. The molecule has 0 aliphatic carbocycles. The van der Waals surface area contributed by atoms with E-state index in [1.54, 1.807) is 4.43 Å². The molecule has 1 atom stereocenters. The molecule has 44 valence electrons. The maximum atomic E-state index is 2.41. The first-order chi connectivity index (χ1) is 3.22. The Morgan fingerprint density at radius 1 is 1.57 bits per heavy atom. The monoisotopic (exact) mass is 212 g/mol. The van der Waals surface area contributed by atoms with Gasteiger partial charge in [-0.05, 0) is 0 Å². The van der Waals surface area contributed by atoms with Gasteiger partial charge in [0.15, 0.2) is 0 Å². The molecule has 0 aromatic carbocycles. The quantitative estimate of drug-likeness (QED) is 0.462. The fourth-order valence-corrected chi connectivity index (χ4v) is 6.79. The summed E-state index contributed by atoms with van der Waals surface area (Å²) in [5.74, 6) is 0. The average molecular weight is 212 g/mol. The Hall–Kier alpha value is 0.730. The van der Waals surface area contributed by atoms with Gasteiger partial charge in [0.1, 0.15) is 0 Å². The average Bonchev–Trinajstić information content (AvgIpc) is 2.17. The van der Waals surface area contributed by atoms with Gasteiger partial charge < -0.3 is 0 Å². The van der Waals surface area contributed by atoms with Crippen LogP contribution in [0.25, 0.3) is 0 Å². The van der Waals surface area contributed by atoms with Crippen molar-refractivity contribution in [3.05, 3.63) is 0 Å². The van der Waals surface area contributed by atoms with Gasteiger partial charge in [-0.3, -0.25) is 0 Å². The summed E-state index contributed by atoms with van der Waals surface area (Å²) in [4.78, 5) is 0. The minimum atomic E-state index is -0.236. The number of alkyl halides is 3. The van der Waals surface area contributed by atoms with Crippen LogP contribution >= 0.6 is 19.8 Å². The van der Waals surface area contributed by atoms with Crippen molar-refractivity contribution in [1.82, 2.24) is 0 Å². The Labute approximate surface area is 53.1 Å². The predicted octanol–water partition coefficient (Wildman–Crippen LogP) is 2.30. The van der Waals surface area contributed by atoms with Crippen molar-refractivity contribution in [2.45, 2.75) is 28.6 Å². The second kappa shape index (κ2) is 1.92. The molecule has 0 nitrogen and oxygen atoms in total.